The second-order valence-electron chi connectivity index (χ2n) is 6.14. The van der Waals surface area contributed by atoms with Crippen LogP contribution in [0, 0.1) is 0 Å². The Bertz CT molecular complexity index is 905. The Morgan fingerprint density at radius 3 is 2.36 bits per heavy atom. The van der Waals surface area contributed by atoms with Gasteiger partial charge in [0, 0.05) is 5.69 Å². The molecule has 0 bridgehead atoms. The molecule has 0 N–H and O–H groups in total. The summed E-state index contributed by atoms with van der Waals surface area (Å²) in [7, 11) is 1.67. The summed E-state index contributed by atoms with van der Waals surface area (Å²) in [5, 5.41) is 0. The lowest BCUT2D eigenvalue weighted by molar-refractivity contribution is -0.118. The van der Waals surface area contributed by atoms with Gasteiger partial charge in [-0.25, -0.2) is 0 Å². The molecule has 124 valence electrons. The monoisotopic (exact) mass is 329 g/mol. The van der Waals surface area contributed by atoms with Crippen LogP contribution >= 0.6 is 0 Å². The minimum atomic E-state index is -0.201. The van der Waals surface area contributed by atoms with Crippen LogP contribution in [0.4, 0.5) is 11.4 Å². The lowest BCUT2D eigenvalue weighted by Gasteiger charge is -2.18. The first-order valence-electron chi connectivity index (χ1n) is 8.39. The fourth-order valence-electron chi connectivity index (χ4n) is 3.53. The normalized spacial score (nSPS) is 16.0. The van der Waals surface area contributed by atoms with Crippen LogP contribution in [0.3, 0.4) is 0 Å². The third-order valence-electron chi connectivity index (χ3n) is 4.70. The Morgan fingerprint density at radius 2 is 1.56 bits per heavy atom. The molecule has 3 aromatic rings. The van der Waals surface area contributed by atoms with E-state index >= 15 is 0 Å². The molecule has 3 aromatic carbocycles. The molecule has 1 heterocycles. The minimum Gasteiger partial charge on any atom is -0.496 e. The van der Waals surface area contributed by atoms with Gasteiger partial charge in [0.15, 0.2) is 0 Å². The van der Waals surface area contributed by atoms with Gasteiger partial charge in [-0.2, -0.15) is 0 Å². The van der Waals surface area contributed by atoms with Crippen LogP contribution < -0.4 is 9.64 Å². The molecule has 3 nitrogen and oxygen atoms in total. The van der Waals surface area contributed by atoms with Crippen molar-refractivity contribution in [2.45, 2.75) is 12.3 Å². The summed E-state index contributed by atoms with van der Waals surface area (Å²) < 4.78 is 5.47. The molecule has 0 saturated carbocycles. The maximum Gasteiger partial charge on any atom is 0.239 e. The van der Waals surface area contributed by atoms with Crippen molar-refractivity contribution in [3.8, 4) is 5.75 Å². The van der Waals surface area contributed by atoms with E-state index in [1.54, 1.807) is 7.11 Å². The van der Waals surface area contributed by atoms with E-state index in [1.165, 1.54) is 0 Å². The number of ether oxygens (including phenoxy) is 1. The molecule has 1 atom stereocenters. The number of hydrogen-bond acceptors (Lipinski definition) is 2. The van der Waals surface area contributed by atoms with Crippen LogP contribution in [0.2, 0.25) is 0 Å². The van der Waals surface area contributed by atoms with E-state index in [9.17, 15) is 4.79 Å². The Kier molecular flexibility index (Phi) is 3.98. The van der Waals surface area contributed by atoms with Crippen molar-refractivity contribution in [1.82, 2.24) is 0 Å². The van der Waals surface area contributed by atoms with E-state index in [0.717, 1.165) is 28.3 Å². The number of hydrogen-bond donors (Lipinski definition) is 0. The highest BCUT2D eigenvalue weighted by molar-refractivity contribution is 6.10. The van der Waals surface area contributed by atoms with Gasteiger partial charge in [0.25, 0.3) is 0 Å². The zero-order chi connectivity index (χ0) is 17.2. The molecular formula is C22H19NO2. The maximum absolute atomic E-state index is 13.3. The summed E-state index contributed by atoms with van der Waals surface area (Å²) >= 11 is 0. The standard InChI is InChI=1S/C22H19NO2/c1-25-21-14-8-5-9-16(21)15-19-18-12-6-7-13-20(18)23(22(19)24)17-10-3-2-4-11-17/h2-14,19H,15H2,1H3/t19-/m0/s1. The second-order valence-corrected chi connectivity index (χ2v) is 6.14. The zero-order valence-electron chi connectivity index (χ0n) is 14.1. The fourth-order valence-corrected chi connectivity index (χ4v) is 3.53. The number of carbonyl (C=O) groups is 1. The van der Waals surface area contributed by atoms with Crippen molar-refractivity contribution in [1.29, 1.82) is 0 Å². The summed E-state index contributed by atoms with van der Waals surface area (Å²) in [6.45, 7) is 0. The van der Waals surface area contributed by atoms with Gasteiger partial charge in [0.05, 0.1) is 18.7 Å². The van der Waals surface area contributed by atoms with Gasteiger partial charge in [0.2, 0.25) is 5.91 Å². The van der Waals surface area contributed by atoms with Crippen LogP contribution in [-0.4, -0.2) is 13.0 Å². The Balaban J connectivity index is 1.76. The summed E-state index contributed by atoms with van der Waals surface area (Å²) in [6, 6.07) is 25.8. The molecule has 0 unspecified atom stereocenters. The van der Waals surface area contributed by atoms with E-state index < -0.39 is 0 Å². The van der Waals surface area contributed by atoms with Gasteiger partial charge in [-0.1, -0.05) is 54.6 Å². The zero-order valence-corrected chi connectivity index (χ0v) is 14.1. The van der Waals surface area contributed by atoms with E-state index in [0.29, 0.717) is 6.42 Å². The highest BCUT2D eigenvalue weighted by Crippen LogP contribution is 2.43. The molecule has 0 aromatic heterocycles. The van der Waals surface area contributed by atoms with E-state index in [-0.39, 0.29) is 11.8 Å². The van der Waals surface area contributed by atoms with Gasteiger partial charge < -0.3 is 4.74 Å². The van der Waals surface area contributed by atoms with Gasteiger partial charge in [-0.05, 0) is 41.8 Å². The van der Waals surface area contributed by atoms with Crippen molar-refractivity contribution >= 4 is 17.3 Å². The van der Waals surface area contributed by atoms with Crippen LogP contribution in [0.5, 0.6) is 5.75 Å². The summed E-state index contributed by atoms with van der Waals surface area (Å²) in [6.07, 6.45) is 0.628. The summed E-state index contributed by atoms with van der Waals surface area (Å²) in [5.74, 6) is 0.733. The molecule has 4 rings (SSSR count). The number of anilines is 2. The molecule has 25 heavy (non-hydrogen) atoms. The number of nitrogens with zero attached hydrogens (tertiary/aromatic N) is 1. The number of para-hydroxylation sites is 3. The molecule has 3 heteroatoms. The maximum atomic E-state index is 13.3. The number of rotatable bonds is 4. The smallest absolute Gasteiger partial charge is 0.239 e. The highest BCUT2D eigenvalue weighted by atomic mass is 16.5. The van der Waals surface area contributed by atoms with Gasteiger partial charge in [-0.3, -0.25) is 9.69 Å². The third kappa shape index (κ3) is 2.68. The Labute approximate surface area is 147 Å². The van der Waals surface area contributed by atoms with Crippen LogP contribution in [0.25, 0.3) is 0 Å². The van der Waals surface area contributed by atoms with E-state index in [4.69, 9.17) is 4.74 Å². The largest absolute Gasteiger partial charge is 0.496 e. The van der Waals surface area contributed by atoms with Crippen molar-refractivity contribution < 1.29 is 9.53 Å². The van der Waals surface area contributed by atoms with Crippen LogP contribution in [0.15, 0.2) is 78.9 Å². The highest BCUT2D eigenvalue weighted by Gasteiger charge is 2.38. The molecule has 1 amide bonds. The van der Waals surface area contributed by atoms with Crippen molar-refractivity contribution in [3.63, 3.8) is 0 Å². The minimum absolute atomic E-state index is 0.110. The van der Waals surface area contributed by atoms with Crippen molar-refractivity contribution in [2.24, 2.45) is 0 Å². The van der Waals surface area contributed by atoms with Crippen molar-refractivity contribution in [2.75, 3.05) is 12.0 Å². The number of amides is 1. The topological polar surface area (TPSA) is 29.5 Å². The SMILES string of the molecule is COc1ccccc1C[C@@H]1C(=O)N(c2ccccc2)c2ccccc21. The third-order valence-corrected chi connectivity index (χ3v) is 4.70. The molecule has 1 aliphatic rings. The van der Waals surface area contributed by atoms with Crippen LogP contribution in [-0.2, 0) is 11.2 Å². The first-order chi connectivity index (χ1) is 12.3. The molecule has 0 radical (unpaired) electrons. The number of benzene rings is 3. The molecule has 0 fully saturated rings. The molecule has 1 aliphatic heterocycles. The van der Waals surface area contributed by atoms with E-state index in [1.807, 2.05) is 77.7 Å². The summed E-state index contributed by atoms with van der Waals surface area (Å²) in [5.41, 5.74) is 4.00. The first kappa shape index (κ1) is 15.5. The quantitative estimate of drug-likeness (QED) is 0.694. The first-order valence-corrected chi connectivity index (χ1v) is 8.39. The predicted octanol–water partition coefficient (Wildman–Crippen LogP) is 4.70. The predicted molar refractivity (Wildman–Crippen MR) is 99.5 cm³/mol. The molecule has 0 spiro atoms. The molecule has 0 saturated heterocycles. The number of methoxy groups -OCH3 is 1. The lowest BCUT2D eigenvalue weighted by atomic mass is 9.93. The van der Waals surface area contributed by atoms with Crippen LogP contribution in [0.1, 0.15) is 17.0 Å². The number of carbonyl (C=O) groups excluding carboxylic acids is 1. The second kappa shape index (κ2) is 6.44. The average Bonchev–Trinajstić information content (AvgIpc) is 2.95. The molecule has 0 aliphatic carbocycles. The van der Waals surface area contributed by atoms with Gasteiger partial charge in [-0.15, -0.1) is 0 Å². The fraction of sp³-hybridized carbons (Fsp3) is 0.136. The lowest BCUT2D eigenvalue weighted by Crippen LogP contribution is -2.24. The van der Waals surface area contributed by atoms with Gasteiger partial charge >= 0.3 is 0 Å². The number of fused-ring (bicyclic) bond motifs is 1. The Hall–Kier alpha value is -3.07. The van der Waals surface area contributed by atoms with Gasteiger partial charge in [0.1, 0.15) is 5.75 Å². The van der Waals surface area contributed by atoms with Crippen molar-refractivity contribution in [3.05, 3.63) is 90.0 Å². The molecular weight excluding hydrogens is 310 g/mol. The average molecular weight is 329 g/mol. The van der Waals surface area contributed by atoms with E-state index in [2.05, 4.69) is 6.07 Å². The summed E-state index contributed by atoms with van der Waals surface area (Å²) in [4.78, 5) is 15.1. The Morgan fingerprint density at radius 1 is 0.880 bits per heavy atom.